The predicted octanol–water partition coefficient (Wildman–Crippen LogP) is 4.21. The number of carbonyl (C=O) groups is 2. The molecule has 1 aromatic carbocycles. The molecular weight excluding hydrogens is 397 g/mol. The molecule has 2 aliphatic rings. The first kappa shape index (κ1) is 24.2. The fraction of sp³-hybridized carbons (Fsp3) is 0.636. The lowest BCUT2D eigenvalue weighted by atomic mass is 9.91. The summed E-state index contributed by atoms with van der Waals surface area (Å²) in [6.07, 6.45) is -5.08. The van der Waals surface area contributed by atoms with E-state index < -0.39 is 12.1 Å². The van der Waals surface area contributed by atoms with E-state index in [1.165, 1.54) is 11.1 Å². The Morgan fingerprint density at radius 2 is 1.67 bits per heavy atom. The van der Waals surface area contributed by atoms with Crippen molar-refractivity contribution in [3.63, 3.8) is 0 Å². The van der Waals surface area contributed by atoms with Gasteiger partial charge in [-0.3, -0.25) is 4.79 Å². The van der Waals surface area contributed by atoms with Crippen molar-refractivity contribution in [2.24, 2.45) is 17.3 Å². The van der Waals surface area contributed by atoms with E-state index in [1.807, 2.05) is 20.8 Å². The van der Waals surface area contributed by atoms with Crippen LogP contribution in [0.15, 0.2) is 24.3 Å². The molecule has 0 aromatic heterocycles. The molecule has 0 spiro atoms. The minimum absolute atomic E-state index is 0.153. The van der Waals surface area contributed by atoms with Crippen LogP contribution in [-0.4, -0.2) is 47.7 Å². The summed E-state index contributed by atoms with van der Waals surface area (Å²) in [5.41, 5.74) is 2.44. The number of alkyl halides is 3. The normalized spacial score (nSPS) is 23.4. The Bertz CT molecular complexity index is 772. The number of amides is 1. The Hall–Kier alpha value is -2.09. The minimum Gasteiger partial charge on any atom is -0.475 e. The Morgan fingerprint density at radius 3 is 2.13 bits per heavy atom. The summed E-state index contributed by atoms with van der Waals surface area (Å²) in [6, 6.07) is 8.86. The van der Waals surface area contributed by atoms with Crippen molar-refractivity contribution in [1.29, 1.82) is 0 Å². The number of halogens is 3. The van der Waals surface area contributed by atoms with E-state index in [0.717, 1.165) is 19.6 Å². The molecule has 0 unspecified atom stereocenters. The molecule has 5 nitrogen and oxygen atoms in total. The van der Waals surface area contributed by atoms with Crippen molar-refractivity contribution in [3.05, 3.63) is 35.4 Å². The lowest BCUT2D eigenvalue weighted by Crippen LogP contribution is -2.40. The average Bonchev–Trinajstić information content (AvgIpc) is 3.11. The van der Waals surface area contributed by atoms with Gasteiger partial charge in [-0.2, -0.15) is 13.2 Å². The highest BCUT2D eigenvalue weighted by Crippen LogP contribution is 2.49. The van der Waals surface area contributed by atoms with E-state index in [4.69, 9.17) is 9.90 Å². The molecule has 1 aliphatic heterocycles. The molecule has 1 heterocycles. The van der Waals surface area contributed by atoms with Crippen LogP contribution in [0.4, 0.5) is 13.2 Å². The van der Waals surface area contributed by atoms with Gasteiger partial charge in [0.1, 0.15) is 0 Å². The van der Waals surface area contributed by atoms with Crippen molar-refractivity contribution >= 4 is 11.9 Å². The van der Waals surface area contributed by atoms with Gasteiger partial charge in [-0.05, 0) is 17.0 Å². The van der Waals surface area contributed by atoms with Gasteiger partial charge in [0.2, 0.25) is 5.91 Å². The number of hydrogen-bond donors (Lipinski definition) is 2. The monoisotopic (exact) mass is 428 g/mol. The molecule has 0 bridgehead atoms. The zero-order chi connectivity index (χ0) is 22.9. The van der Waals surface area contributed by atoms with Gasteiger partial charge in [0.05, 0.1) is 6.04 Å². The molecular formula is C22H31F3N2O3. The number of benzene rings is 1. The molecule has 1 aromatic rings. The first-order valence-corrected chi connectivity index (χ1v) is 10.1. The number of nitrogens with one attached hydrogen (secondary N) is 1. The Morgan fingerprint density at radius 1 is 1.13 bits per heavy atom. The average molecular weight is 428 g/mol. The van der Waals surface area contributed by atoms with Gasteiger partial charge in [0, 0.05) is 36.9 Å². The topological polar surface area (TPSA) is 69.6 Å². The molecule has 1 fully saturated rings. The third kappa shape index (κ3) is 5.74. The van der Waals surface area contributed by atoms with E-state index in [-0.39, 0.29) is 17.4 Å². The van der Waals surface area contributed by atoms with Crippen LogP contribution in [0.5, 0.6) is 0 Å². The van der Waals surface area contributed by atoms with Crippen LogP contribution in [0.25, 0.3) is 0 Å². The number of nitrogens with zero attached hydrogens (tertiary/aromatic N) is 1. The fourth-order valence-corrected chi connectivity index (χ4v) is 4.15. The highest BCUT2D eigenvalue weighted by molar-refractivity contribution is 5.82. The molecule has 1 amide bonds. The molecule has 1 aliphatic carbocycles. The van der Waals surface area contributed by atoms with Crippen LogP contribution in [0.1, 0.15) is 57.7 Å². The second kappa shape index (κ2) is 8.96. The number of carboxylic acid groups (broad SMARTS) is 1. The number of fused-ring (bicyclic) bond motifs is 3. The maximum Gasteiger partial charge on any atom is 0.490 e. The van der Waals surface area contributed by atoms with Crippen LogP contribution in [0.2, 0.25) is 0 Å². The molecule has 8 heteroatoms. The van der Waals surface area contributed by atoms with Gasteiger partial charge in [0.25, 0.3) is 0 Å². The predicted molar refractivity (Wildman–Crippen MR) is 108 cm³/mol. The number of likely N-dealkylation sites (tertiary alicyclic amines) is 1. The highest BCUT2D eigenvalue weighted by atomic mass is 19.4. The Kier molecular flexibility index (Phi) is 7.22. The fourth-order valence-electron chi connectivity index (χ4n) is 4.15. The first-order chi connectivity index (χ1) is 13.7. The van der Waals surface area contributed by atoms with Crippen molar-refractivity contribution < 1.29 is 27.9 Å². The van der Waals surface area contributed by atoms with Gasteiger partial charge in [-0.15, -0.1) is 0 Å². The van der Waals surface area contributed by atoms with Crippen LogP contribution < -0.4 is 5.32 Å². The highest BCUT2D eigenvalue weighted by Gasteiger charge is 2.47. The van der Waals surface area contributed by atoms with Crippen molar-refractivity contribution in [3.8, 4) is 0 Å². The molecule has 30 heavy (non-hydrogen) atoms. The summed E-state index contributed by atoms with van der Waals surface area (Å²) in [4.78, 5) is 24.0. The molecule has 1 saturated heterocycles. The molecule has 3 rings (SSSR count). The summed E-state index contributed by atoms with van der Waals surface area (Å²) in [6.45, 7) is 13.9. The number of carbonyl (C=O) groups excluding carboxylic acids is 1. The van der Waals surface area contributed by atoms with Crippen molar-refractivity contribution in [1.82, 2.24) is 10.2 Å². The molecule has 3 atom stereocenters. The standard InChI is InChI=1S/C20H30N2O.C2HF3O2/c1-13(2)10-22-11-16-14-8-6-7-9-15(14)18(17(16)12-22)21-19(23)20(3,4)5;3-2(4,5)1(6)7/h6-9,13,16-18H,10-12H2,1-5H3,(H,21,23);(H,6,7)/t16-,17-,18+;/m0./s1. The van der Waals surface area contributed by atoms with Crippen LogP contribution in [0, 0.1) is 17.3 Å². The SMILES string of the molecule is CC(C)CN1C[C@@H]2[C@H](NC(=O)C(C)(C)C)c3ccccc3[C@@H]2C1.O=C(O)C(F)(F)F. The summed E-state index contributed by atoms with van der Waals surface area (Å²) >= 11 is 0. The van der Waals surface area contributed by atoms with Crippen LogP contribution in [0.3, 0.4) is 0 Å². The smallest absolute Gasteiger partial charge is 0.475 e. The van der Waals surface area contributed by atoms with Gasteiger partial charge in [-0.25, -0.2) is 4.79 Å². The minimum atomic E-state index is -5.08. The van der Waals surface area contributed by atoms with Gasteiger partial charge < -0.3 is 15.3 Å². The quantitative estimate of drug-likeness (QED) is 0.757. The van der Waals surface area contributed by atoms with Crippen molar-refractivity contribution in [2.75, 3.05) is 19.6 Å². The van der Waals surface area contributed by atoms with E-state index in [0.29, 0.717) is 17.8 Å². The van der Waals surface area contributed by atoms with Crippen LogP contribution in [-0.2, 0) is 9.59 Å². The maximum atomic E-state index is 12.6. The summed E-state index contributed by atoms with van der Waals surface area (Å²) in [5, 5.41) is 10.5. The Labute approximate surface area is 175 Å². The molecule has 0 saturated carbocycles. The van der Waals surface area contributed by atoms with Gasteiger partial charge in [-0.1, -0.05) is 58.9 Å². The third-order valence-corrected chi connectivity index (χ3v) is 5.43. The third-order valence-electron chi connectivity index (χ3n) is 5.43. The lowest BCUT2D eigenvalue weighted by Gasteiger charge is -2.27. The number of rotatable bonds is 3. The molecule has 0 radical (unpaired) electrons. The number of aliphatic carboxylic acids is 1. The molecule has 168 valence electrons. The lowest BCUT2D eigenvalue weighted by molar-refractivity contribution is -0.192. The second-order valence-electron chi connectivity index (χ2n) is 9.52. The Balaban J connectivity index is 0.000000396. The van der Waals surface area contributed by atoms with E-state index in [9.17, 15) is 18.0 Å². The maximum absolute atomic E-state index is 12.6. The summed E-state index contributed by atoms with van der Waals surface area (Å²) in [7, 11) is 0. The molecule has 2 N–H and O–H groups in total. The van der Waals surface area contributed by atoms with Crippen LogP contribution >= 0.6 is 0 Å². The first-order valence-electron chi connectivity index (χ1n) is 10.1. The summed E-state index contributed by atoms with van der Waals surface area (Å²) in [5.74, 6) is -0.841. The van der Waals surface area contributed by atoms with Gasteiger partial charge in [0.15, 0.2) is 0 Å². The zero-order valence-electron chi connectivity index (χ0n) is 18.1. The van der Waals surface area contributed by atoms with E-state index in [2.05, 4.69) is 48.3 Å². The second-order valence-corrected chi connectivity index (χ2v) is 9.52. The number of carboxylic acids is 1. The largest absolute Gasteiger partial charge is 0.490 e. The van der Waals surface area contributed by atoms with E-state index >= 15 is 0 Å². The van der Waals surface area contributed by atoms with Gasteiger partial charge >= 0.3 is 12.1 Å². The summed E-state index contributed by atoms with van der Waals surface area (Å²) < 4.78 is 31.7. The zero-order valence-corrected chi connectivity index (χ0v) is 18.1. The number of hydrogen-bond acceptors (Lipinski definition) is 3. The van der Waals surface area contributed by atoms with Crippen molar-refractivity contribution in [2.45, 2.75) is 52.8 Å². The van der Waals surface area contributed by atoms with E-state index in [1.54, 1.807) is 0 Å².